The van der Waals surface area contributed by atoms with Gasteiger partial charge in [0.15, 0.2) is 0 Å². The molecule has 96 valence electrons. The number of rotatable bonds is 3. The van der Waals surface area contributed by atoms with Gasteiger partial charge >= 0.3 is 0 Å². The molecule has 0 aliphatic rings. The largest absolute Gasteiger partial charge is 0.306 e. The molecule has 1 heterocycles. The number of anilines is 1. The first-order chi connectivity index (χ1) is 9.08. The maximum absolute atomic E-state index is 12.0. The van der Waals surface area contributed by atoms with Crippen molar-refractivity contribution in [2.24, 2.45) is 0 Å². The predicted octanol–water partition coefficient (Wildman–Crippen LogP) is 3.00. The molecule has 0 atom stereocenters. The Kier molecular flexibility index (Phi) is 3.86. The van der Waals surface area contributed by atoms with Crippen molar-refractivity contribution in [2.45, 2.75) is 0 Å². The number of aromatic nitrogens is 1. The quantitative estimate of drug-likeness (QED) is 0.695. The third-order valence-electron chi connectivity index (χ3n) is 2.31. The molecule has 1 N–H and O–H groups in total. The van der Waals surface area contributed by atoms with Crippen molar-refractivity contribution >= 4 is 33.3 Å². The molecular formula is C12H8BrN3O3. The van der Waals surface area contributed by atoms with E-state index in [0.29, 0.717) is 5.82 Å². The topological polar surface area (TPSA) is 85.1 Å². The number of para-hydroxylation sites is 1. The van der Waals surface area contributed by atoms with Crippen LogP contribution in [-0.4, -0.2) is 15.8 Å². The Hall–Kier alpha value is -2.28. The Morgan fingerprint density at radius 3 is 2.63 bits per heavy atom. The molecule has 1 aromatic heterocycles. The van der Waals surface area contributed by atoms with Crippen LogP contribution in [0.5, 0.6) is 0 Å². The van der Waals surface area contributed by atoms with Gasteiger partial charge in [0.25, 0.3) is 11.6 Å². The highest BCUT2D eigenvalue weighted by Crippen LogP contribution is 2.19. The lowest BCUT2D eigenvalue weighted by Gasteiger charge is -2.04. The van der Waals surface area contributed by atoms with Crippen LogP contribution in [0.1, 0.15) is 10.4 Å². The van der Waals surface area contributed by atoms with Crippen LogP contribution < -0.4 is 5.32 Å². The van der Waals surface area contributed by atoms with E-state index in [1.54, 1.807) is 18.2 Å². The Labute approximate surface area is 116 Å². The molecule has 2 aromatic rings. The number of amides is 1. The van der Waals surface area contributed by atoms with E-state index in [1.807, 2.05) is 0 Å². The maximum atomic E-state index is 12.0. The van der Waals surface area contributed by atoms with Crippen LogP contribution in [0, 0.1) is 10.1 Å². The van der Waals surface area contributed by atoms with Crippen LogP contribution in [0.4, 0.5) is 11.5 Å². The number of benzene rings is 1. The van der Waals surface area contributed by atoms with E-state index < -0.39 is 10.8 Å². The summed E-state index contributed by atoms with van der Waals surface area (Å²) in [5, 5.41) is 13.3. The minimum absolute atomic E-state index is 0.00258. The summed E-state index contributed by atoms with van der Waals surface area (Å²) in [6.45, 7) is 0. The van der Waals surface area contributed by atoms with Gasteiger partial charge in [0.05, 0.1) is 4.92 Å². The first-order valence-electron chi connectivity index (χ1n) is 5.24. The monoisotopic (exact) mass is 321 g/mol. The van der Waals surface area contributed by atoms with Gasteiger partial charge in [-0.05, 0) is 34.1 Å². The fraction of sp³-hybridized carbons (Fsp3) is 0. The van der Waals surface area contributed by atoms with Crippen molar-refractivity contribution in [3.63, 3.8) is 0 Å². The average Bonchev–Trinajstić information content (AvgIpc) is 2.41. The van der Waals surface area contributed by atoms with Gasteiger partial charge in [0.1, 0.15) is 11.4 Å². The number of carbonyl (C=O) groups excluding carboxylic acids is 1. The first kappa shape index (κ1) is 13.2. The molecule has 6 nitrogen and oxygen atoms in total. The molecule has 0 radical (unpaired) electrons. The molecule has 1 aromatic carbocycles. The number of hydrogen-bond acceptors (Lipinski definition) is 4. The number of nitrogens with zero attached hydrogens (tertiary/aromatic N) is 2. The molecule has 19 heavy (non-hydrogen) atoms. The first-order valence-corrected chi connectivity index (χ1v) is 6.03. The second-order valence-electron chi connectivity index (χ2n) is 3.59. The van der Waals surface area contributed by atoms with Gasteiger partial charge in [0, 0.05) is 16.7 Å². The summed E-state index contributed by atoms with van der Waals surface area (Å²) in [5.41, 5.74) is -0.241. The van der Waals surface area contributed by atoms with Crippen molar-refractivity contribution < 1.29 is 9.72 Å². The SMILES string of the molecule is O=C(Nc1ccc(Br)cn1)c1ccccc1[N+](=O)[O-]. The summed E-state index contributed by atoms with van der Waals surface area (Å²) < 4.78 is 0.774. The fourth-order valence-electron chi connectivity index (χ4n) is 1.46. The maximum Gasteiger partial charge on any atom is 0.282 e. The number of halogens is 1. The molecule has 0 unspecified atom stereocenters. The van der Waals surface area contributed by atoms with Crippen molar-refractivity contribution in [3.8, 4) is 0 Å². The van der Waals surface area contributed by atoms with Crippen LogP contribution in [0.3, 0.4) is 0 Å². The van der Waals surface area contributed by atoms with Gasteiger partial charge < -0.3 is 5.32 Å². The van der Waals surface area contributed by atoms with Crippen molar-refractivity contribution in [3.05, 3.63) is 62.7 Å². The van der Waals surface area contributed by atoms with E-state index in [-0.39, 0.29) is 11.3 Å². The molecule has 0 aliphatic carbocycles. The third kappa shape index (κ3) is 3.14. The van der Waals surface area contributed by atoms with E-state index in [9.17, 15) is 14.9 Å². The second-order valence-corrected chi connectivity index (χ2v) is 4.51. The number of pyridine rings is 1. The van der Waals surface area contributed by atoms with E-state index in [0.717, 1.165) is 4.47 Å². The highest BCUT2D eigenvalue weighted by atomic mass is 79.9. The zero-order chi connectivity index (χ0) is 13.8. The molecule has 0 spiro atoms. The summed E-state index contributed by atoms with van der Waals surface area (Å²) in [5.74, 6) is -0.242. The van der Waals surface area contributed by atoms with E-state index in [1.165, 1.54) is 24.4 Å². The molecule has 0 saturated carbocycles. The lowest BCUT2D eigenvalue weighted by atomic mass is 10.1. The zero-order valence-corrected chi connectivity index (χ0v) is 11.1. The number of nitro groups is 1. The molecule has 1 amide bonds. The Morgan fingerprint density at radius 2 is 2.00 bits per heavy atom. The molecule has 2 rings (SSSR count). The van der Waals surface area contributed by atoms with E-state index in [4.69, 9.17) is 0 Å². The van der Waals surface area contributed by atoms with Gasteiger partial charge in [-0.2, -0.15) is 0 Å². The summed E-state index contributed by atoms with van der Waals surface area (Å²) in [6, 6.07) is 9.05. The van der Waals surface area contributed by atoms with Crippen LogP contribution >= 0.6 is 15.9 Å². The number of hydrogen-bond donors (Lipinski definition) is 1. The Balaban J connectivity index is 2.25. The second kappa shape index (κ2) is 5.57. The van der Waals surface area contributed by atoms with E-state index in [2.05, 4.69) is 26.2 Å². The summed E-state index contributed by atoms with van der Waals surface area (Å²) in [4.78, 5) is 26.2. The van der Waals surface area contributed by atoms with E-state index >= 15 is 0 Å². The van der Waals surface area contributed by atoms with Crippen LogP contribution in [0.25, 0.3) is 0 Å². The highest BCUT2D eigenvalue weighted by molar-refractivity contribution is 9.10. The van der Waals surface area contributed by atoms with Gasteiger partial charge in [-0.3, -0.25) is 14.9 Å². The van der Waals surface area contributed by atoms with Crippen LogP contribution in [0.2, 0.25) is 0 Å². The molecule has 0 aliphatic heterocycles. The van der Waals surface area contributed by atoms with Crippen LogP contribution in [-0.2, 0) is 0 Å². The van der Waals surface area contributed by atoms with Crippen molar-refractivity contribution in [1.29, 1.82) is 0 Å². The minimum Gasteiger partial charge on any atom is -0.306 e. The normalized spacial score (nSPS) is 9.95. The van der Waals surface area contributed by atoms with Gasteiger partial charge in [0.2, 0.25) is 0 Å². The predicted molar refractivity (Wildman–Crippen MR) is 73.0 cm³/mol. The van der Waals surface area contributed by atoms with Crippen molar-refractivity contribution in [1.82, 2.24) is 4.98 Å². The number of carbonyl (C=O) groups is 1. The fourth-order valence-corrected chi connectivity index (χ4v) is 1.69. The molecular weight excluding hydrogens is 314 g/mol. The lowest BCUT2D eigenvalue weighted by Crippen LogP contribution is -2.14. The van der Waals surface area contributed by atoms with Gasteiger partial charge in [-0.25, -0.2) is 4.98 Å². The Bertz CT molecular complexity index is 628. The average molecular weight is 322 g/mol. The van der Waals surface area contributed by atoms with Crippen molar-refractivity contribution in [2.75, 3.05) is 5.32 Å². The minimum atomic E-state index is -0.593. The summed E-state index contributed by atoms with van der Waals surface area (Å²) in [6.07, 6.45) is 1.52. The number of nitrogens with one attached hydrogen (secondary N) is 1. The lowest BCUT2D eigenvalue weighted by molar-refractivity contribution is -0.385. The van der Waals surface area contributed by atoms with Gasteiger partial charge in [-0.1, -0.05) is 12.1 Å². The molecule has 0 bridgehead atoms. The summed E-state index contributed by atoms with van der Waals surface area (Å²) in [7, 11) is 0. The molecule has 7 heteroatoms. The Morgan fingerprint density at radius 1 is 1.26 bits per heavy atom. The number of nitro benzene ring substituents is 1. The molecule has 0 fully saturated rings. The zero-order valence-electron chi connectivity index (χ0n) is 9.54. The summed E-state index contributed by atoms with van der Waals surface area (Å²) >= 11 is 3.22. The smallest absolute Gasteiger partial charge is 0.282 e. The highest BCUT2D eigenvalue weighted by Gasteiger charge is 2.19. The van der Waals surface area contributed by atoms with Crippen LogP contribution in [0.15, 0.2) is 47.1 Å². The van der Waals surface area contributed by atoms with Gasteiger partial charge in [-0.15, -0.1) is 0 Å². The molecule has 0 saturated heterocycles. The standard InChI is InChI=1S/C12H8BrN3O3/c13-8-5-6-11(14-7-8)15-12(17)9-3-1-2-4-10(9)16(18)19/h1-7H,(H,14,15,17). The third-order valence-corrected chi connectivity index (χ3v) is 2.78.